The number of hydrogen-bond acceptors (Lipinski definition) is 6. The Morgan fingerprint density at radius 1 is 0.975 bits per heavy atom. The molecule has 0 saturated heterocycles. The highest BCUT2D eigenvalue weighted by Crippen LogP contribution is 2.72. The van der Waals surface area contributed by atoms with Crippen molar-refractivity contribution < 1.29 is 29.0 Å². The number of ether oxygens (including phenoxy) is 1. The van der Waals surface area contributed by atoms with Gasteiger partial charge in [-0.15, -0.1) is 0 Å². The van der Waals surface area contributed by atoms with Gasteiger partial charge in [0.1, 0.15) is 18.3 Å². The molecule has 0 spiro atoms. The van der Waals surface area contributed by atoms with Crippen LogP contribution in [0, 0.1) is 44.8 Å². The molecule has 5 aliphatic carbocycles. The maximum atomic E-state index is 14.4. The van der Waals surface area contributed by atoms with Crippen LogP contribution in [-0.2, 0) is 23.9 Å². The summed E-state index contributed by atoms with van der Waals surface area (Å²) in [4.78, 5) is 50.6. The third-order valence-corrected chi connectivity index (χ3v) is 13.2. The Labute approximate surface area is 239 Å². The highest BCUT2D eigenvalue weighted by Gasteiger charge is 2.71. The highest BCUT2D eigenvalue weighted by molar-refractivity contribution is 5.96. The predicted molar refractivity (Wildman–Crippen MR) is 151 cm³/mol. The summed E-state index contributed by atoms with van der Waals surface area (Å²) in [6.07, 6.45) is 8.20. The largest absolute Gasteiger partial charge is 0.481 e. The molecule has 0 heterocycles. The number of nitrogens with two attached hydrogens (primary N) is 1. The molecular formula is C33H49NO6. The van der Waals surface area contributed by atoms with Gasteiger partial charge >= 0.3 is 11.9 Å². The second-order valence-corrected chi connectivity index (χ2v) is 15.9. The Morgan fingerprint density at radius 2 is 1.62 bits per heavy atom. The van der Waals surface area contributed by atoms with Gasteiger partial charge in [-0.25, -0.2) is 0 Å². The topological polar surface area (TPSA) is 124 Å². The number of carboxylic acids is 1. The molecule has 0 aromatic carbocycles. The molecule has 0 bridgehead atoms. The lowest BCUT2D eigenvalue weighted by atomic mass is 9.35. The number of allylic oxidation sites excluding steroid dienone is 1. The van der Waals surface area contributed by atoms with E-state index >= 15 is 0 Å². The number of carboxylic acid groups (broad SMARTS) is 1. The van der Waals surface area contributed by atoms with Crippen molar-refractivity contribution in [3.63, 3.8) is 0 Å². The Bertz CT molecular complexity index is 1190. The number of Topliss-reactive ketones (excluding diaryl/α,β-unsaturated/α-hetero) is 1. The zero-order valence-corrected chi connectivity index (χ0v) is 25.5. The Balaban J connectivity index is 1.52. The van der Waals surface area contributed by atoms with Crippen molar-refractivity contribution in [1.82, 2.24) is 0 Å². The predicted octanol–water partition coefficient (Wildman–Crippen LogP) is 5.63. The molecule has 7 nitrogen and oxygen atoms in total. The number of carbonyl (C=O) groups excluding carboxylic acids is 3. The molecule has 40 heavy (non-hydrogen) atoms. The number of fused-ring (bicyclic) bond motifs is 7. The molecule has 0 unspecified atom stereocenters. The van der Waals surface area contributed by atoms with Crippen molar-refractivity contribution in [2.75, 3.05) is 0 Å². The average Bonchev–Trinajstić information content (AvgIpc) is 2.82. The van der Waals surface area contributed by atoms with E-state index in [1.807, 2.05) is 13.0 Å². The summed E-state index contributed by atoms with van der Waals surface area (Å²) >= 11 is 0. The van der Waals surface area contributed by atoms with Crippen molar-refractivity contribution >= 4 is 23.5 Å². The first kappa shape index (κ1) is 29.5. The summed E-state index contributed by atoms with van der Waals surface area (Å²) in [5, 5.41) is 10.1. The lowest BCUT2D eigenvalue weighted by Crippen LogP contribution is -2.72. The maximum Gasteiger partial charge on any atom is 0.313 e. The molecule has 4 saturated carbocycles. The number of ketones is 2. The standard InChI is InChI=1S/C33H49NO6/c1-19(35)16-25(37)40-24-9-10-31(6)23(28(24,2)3)8-11-32(7)26(31)22(36)17-20-21-18-30(5,27(38)39)13-12-29(21,4)14-15-33(20,32)34/h17,21,23-24,26H,8-16,18,34H2,1-7H3,(H,38,39)/t21-,23-,24-,26+,29+,30-,31-,32+,33-/m0/s1. The molecule has 0 amide bonds. The molecule has 5 aliphatic rings. The monoisotopic (exact) mass is 555 g/mol. The van der Waals surface area contributed by atoms with Crippen LogP contribution in [0.3, 0.4) is 0 Å². The minimum atomic E-state index is -0.810. The first-order valence-corrected chi connectivity index (χ1v) is 15.3. The number of rotatable bonds is 4. The lowest BCUT2D eigenvalue weighted by molar-refractivity contribution is -0.203. The van der Waals surface area contributed by atoms with Crippen LogP contribution in [0.15, 0.2) is 11.6 Å². The molecule has 0 aromatic rings. The first-order valence-electron chi connectivity index (χ1n) is 15.3. The van der Waals surface area contributed by atoms with Crippen LogP contribution >= 0.6 is 0 Å². The summed E-state index contributed by atoms with van der Waals surface area (Å²) in [6.45, 7) is 14.3. The molecule has 0 aromatic heterocycles. The molecule has 0 aliphatic heterocycles. The van der Waals surface area contributed by atoms with Gasteiger partial charge in [-0.05, 0) is 111 Å². The third-order valence-electron chi connectivity index (χ3n) is 13.2. The van der Waals surface area contributed by atoms with Crippen LogP contribution in [0.1, 0.15) is 113 Å². The van der Waals surface area contributed by atoms with Crippen molar-refractivity contribution in [1.29, 1.82) is 0 Å². The second kappa shape index (κ2) is 8.99. The minimum absolute atomic E-state index is 0.0128. The highest BCUT2D eigenvalue weighted by atomic mass is 16.5. The van der Waals surface area contributed by atoms with Crippen molar-refractivity contribution in [3.05, 3.63) is 11.6 Å². The SMILES string of the molecule is CC(=O)CC(=O)O[C@H]1CC[C@]2(C)[C@H]3C(=O)C=C4[C@@H]5C[C@@](C)(C(=O)O)CC[C@]5(C)CC[C@@]4(N)[C@]3(C)CC[C@H]2C1(C)C. The van der Waals surface area contributed by atoms with Gasteiger partial charge in [0.2, 0.25) is 0 Å². The summed E-state index contributed by atoms with van der Waals surface area (Å²) in [5.74, 6) is -1.40. The van der Waals surface area contributed by atoms with E-state index in [9.17, 15) is 24.3 Å². The maximum absolute atomic E-state index is 14.4. The van der Waals surface area contributed by atoms with Crippen LogP contribution in [0.2, 0.25) is 0 Å². The van der Waals surface area contributed by atoms with E-state index in [1.54, 1.807) is 0 Å². The van der Waals surface area contributed by atoms with E-state index in [0.29, 0.717) is 19.3 Å². The first-order chi connectivity index (χ1) is 18.3. The van der Waals surface area contributed by atoms with E-state index in [4.69, 9.17) is 10.5 Å². The molecule has 5 rings (SSSR count). The van der Waals surface area contributed by atoms with Crippen LogP contribution < -0.4 is 5.73 Å². The van der Waals surface area contributed by atoms with Gasteiger partial charge in [0.15, 0.2) is 5.78 Å². The second-order valence-electron chi connectivity index (χ2n) is 15.9. The third kappa shape index (κ3) is 3.92. The zero-order chi connectivity index (χ0) is 29.7. The molecule has 4 fully saturated rings. The Kier molecular flexibility index (Phi) is 6.62. The zero-order valence-electron chi connectivity index (χ0n) is 25.5. The van der Waals surface area contributed by atoms with Crippen LogP contribution in [-0.4, -0.2) is 40.3 Å². The van der Waals surface area contributed by atoms with Gasteiger partial charge in [-0.2, -0.15) is 0 Å². The Morgan fingerprint density at radius 3 is 2.25 bits per heavy atom. The lowest BCUT2D eigenvalue weighted by Gasteiger charge is -2.70. The fourth-order valence-corrected chi connectivity index (χ4v) is 10.7. The van der Waals surface area contributed by atoms with E-state index in [0.717, 1.165) is 44.1 Å². The van der Waals surface area contributed by atoms with Crippen molar-refractivity contribution in [2.24, 2.45) is 50.6 Å². The van der Waals surface area contributed by atoms with Crippen molar-refractivity contribution in [2.45, 2.75) is 124 Å². The van der Waals surface area contributed by atoms with Crippen LogP contribution in [0.4, 0.5) is 0 Å². The molecule has 0 radical (unpaired) electrons. The fourth-order valence-electron chi connectivity index (χ4n) is 10.7. The molecule has 3 N–H and O–H groups in total. The van der Waals surface area contributed by atoms with E-state index in [-0.39, 0.29) is 58.1 Å². The number of carbonyl (C=O) groups is 4. The van der Waals surface area contributed by atoms with E-state index < -0.39 is 28.3 Å². The van der Waals surface area contributed by atoms with Gasteiger partial charge < -0.3 is 15.6 Å². The van der Waals surface area contributed by atoms with Gasteiger partial charge in [0.25, 0.3) is 0 Å². The summed E-state index contributed by atoms with van der Waals surface area (Å²) in [7, 11) is 0. The number of aliphatic carboxylic acids is 1. The number of hydrogen-bond donors (Lipinski definition) is 2. The molecule has 7 heteroatoms. The summed E-state index contributed by atoms with van der Waals surface area (Å²) in [6, 6.07) is 0. The van der Waals surface area contributed by atoms with Gasteiger partial charge in [-0.1, -0.05) is 34.6 Å². The quantitative estimate of drug-likeness (QED) is 0.340. The Hall–Kier alpha value is -2.02. The molecular weight excluding hydrogens is 506 g/mol. The van der Waals surface area contributed by atoms with Crippen LogP contribution in [0.25, 0.3) is 0 Å². The normalized spacial score (nSPS) is 47.5. The van der Waals surface area contributed by atoms with Crippen molar-refractivity contribution in [3.8, 4) is 0 Å². The van der Waals surface area contributed by atoms with Crippen LogP contribution in [0.5, 0.6) is 0 Å². The fraction of sp³-hybridized carbons (Fsp3) is 0.818. The summed E-state index contributed by atoms with van der Waals surface area (Å²) < 4.78 is 5.88. The smallest absolute Gasteiger partial charge is 0.313 e. The van der Waals surface area contributed by atoms with E-state index in [1.165, 1.54) is 6.92 Å². The van der Waals surface area contributed by atoms with Gasteiger partial charge in [-0.3, -0.25) is 19.2 Å². The average molecular weight is 556 g/mol. The minimum Gasteiger partial charge on any atom is -0.481 e. The van der Waals surface area contributed by atoms with Gasteiger partial charge in [0.05, 0.1) is 5.41 Å². The molecule has 9 atom stereocenters. The summed E-state index contributed by atoms with van der Waals surface area (Å²) in [5.41, 5.74) is 5.95. The molecule has 222 valence electrons. The van der Waals surface area contributed by atoms with Gasteiger partial charge in [0, 0.05) is 16.9 Å². The number of esters is 1. The van der Waals surface area contributed by atoms with E-state index in [2.05, 4.69) is 34.6 Å².